The molecule has 1 aromatic carbocycles. The van der Waals surface area contributed by atoms with Crippen LogP contribution >= 0.6 is 50.5 Å². The highest BCUT2D eigenvalue weighted by Crippen LogP contribution is 2.35. The van der Waals surface area contributed by atoms with Gasteiger partial charge in [0.1, 0.15) is 0 Å². The molecule has 1 heterocycles. The molecule has 0 N–H and O–H groups in total. The Morgan fingerprint density at radius 2 is 1.94 bits per heavy atom. The van der Waals surface area contributed by atoms with Crippen molar-refractivity contribution in [2.45, 2.75) is 18.7 Å². The van der Waals surface area contributed by atoms with Gasteiger partial charge in [0, 0.05) is 19.2 Å². The summed E-state index contributed by atoms with van der Waals surface area (Å²) in [6.45, 7) is 2.09. The minimum Gasteiger partial charge on any atom is -0.143 e. The maximum absolute atomic E-state index is 6.42. The van der Waals surface area contributed by atoms with Gasteiger partial charge in [0.25, 0.3) is 0 Å². The third-order valence-electron chi connectivity index (χ3n) is 2.51. The first-order valence-corrected chi connectivity index (χ1v) is 7.63. The highest BCUT2D eigenvalue weighted by molar-refractivity contribution is 9.10. The lowest BCUT2D eigenvalue weighted by Crippen LogP contribution is -1.92. The molecule has 1 aromatic heterocycles. The van der Waals surface area contributed by atoms with E-state index >= 15 is 0 Å². The van der Waals surface area contributed by atoms with E-state index in [2.05, 4.69) is 28.9 Å². The molecule has 0 aliphatic rings. The number of thiophene rings is 1. The van der Waals surface area contributed by atoms with E-state index in [-0.39, 0.29) is 5.38 Å². The smallest absolute Gasteiger partial charge is 0.0719 e. The van der Waals surface area contributed by atoms with Gasteiger partial charge in [-0.05, 0) is 53.0 Å². The van der Waals surface area contributed by atoms with Crippen molar-refractivity contribution < 1.29 is 0 Å². The Labute approximate surface area is 124 Å². The van der Waals surface area contributed by atoms with E-state index < -0.39 is 0 Å². The lowest BCUT2D eigenvalue weighted by molar-refractivity contribution is 0.940. The van der Waals surface area contributed by atoms with Crippen LogP contribution in [0.3, 0.4) is 0 Å². The molecule has 0 amide bonds. The molecule has 17 heavy (non-hydrogen) atoms. The fourth-order valence-electron chi connectivity index (χ4n) is 1.56. The van der Waals surface area contributed by atoms with E-state index in [0.717, 1.165) is 15.9 Å². The summed E-state index contributed by atoms with van der Waals surface area (Å²) >= 11 is 17.5. The van der Waals surface area contributed by atoms with Crippen molar-refractivity contribution in [2.24, 2.45) is 0 Å². The number of alkyl halides is 1. The van der Waals surface area contributed by atoms with Crippen LogP contribution in [-0.2, 0) is 6.42 Å². The van der Waals surface area contributed by atoms with Gasteiger partial charge < -0.3 is 0 Å². The molecular formula is C13H11BrCl2S. The van der Waals surface area contributed by atoms with Gasteiger partial charge in [-0.1, -0.05) is 23.7 Å². The molecule has 1 unspecified atom stereocenters. The first kappa shape index (κ1) is 13.4. The second-order valence-corrected chi connectivity index (χ2v) is 6.96. The molecule has 1 atom stereocenters. The highest BCUT2D eigenvalue weighted by Gasteiger charge is 2.13. The van der Waals surface area contributed by atoms with Gasteiger partial charge in [0.15, 0.2) is 0 Å². The molecule has 0 aliphatic heterocycles. The predicted molar refractivity (Wildman–Crippen MR) is 80.5 cm³/mol. The van der Waals surface area contributed by atoms with Crippen LogP contribution in [0.4, 0.5) is 0 Å². The van der Waals surface area contributed by atoms with Gasteiger partial charge in [0.05, 0.1) is 5.38 Å². The molecule has 2 rings (SSSR count). The Balaban J connectivity index is 2.11. The zero-order valence-electron chi connectivity index (χ0n) is 9.21. The van der Waals surface area contributed by atoms with Crippen LogP contribution in [0.25, 0.3) is 0 Å². The van der Waals surface area contributed by atoms with Gasteiger partial charge in [-0.3, -0.25) is 0 Å². The summed E-state index contributed by atoms with van der Waals surface area (Å²) < 4.78 is 1.14. The van der Waals surface area contributed by atoms with Crippen molar-refractivity contribution in [3.05, 3.63) is 55.1 Å². The van der Waals surface area contributed by atoms with E-state index in [9.17, 15) is 0 Å². The monoisotopic (exact) mass is 348 g/mol. The minimum absolute atomic E-state index is 0.0196. The van der Waals surface area contributed by atoms with Gasteiger partial charge in [-0.15, -0.1) is 22.9 Å². The van der Waals surface area contributed by atoms with E-state index in [1.807, 2.05) is 24.3 Å². The van der Waals surface area contributed by atoms with E-state index in [4.69, 9.17) is 23.2 Å². The molecule has 0 spiro atoms. The Morgan fingerprint density at radius 1 is 1.29 bits per heavy atom. The van der Waals surface area contributed by atoms with Crippen LogP contribution in [0.2, 0.25) is 5.02 Å². The van der Waals surface area contributed by atoms with Crippen LogP contribution in [0.5, 0.6) is 0 Å². The fraction of sp³-hybridized carbons (Fsp3) is 0.231. The molecule has 0 aliphatic carbocycles. The van der Waals surface area contributed by atoms with E-state index in [1.165, 1.54) is 15.3 Å². The van der Waals surface area contributed by atoms with Crippen LogP contribution in [0.15, 0.2) is 34.8 Å². The fourth-order valence-corrected chi connectivity index (χ4v) is 3.60. The molecule has 0 radical (unpaired) electrons. The number of hydrogen-bond acceptors (Lipinski definition) is 1. The van der Waals surface area contributed by atoms with Crippen LogP contribution in [0, 0.1) is 6.92 Å². The highest BCUT2D eigenvalue weighted by atomic mass is 79.9. The van der Waals surface area contributed by atoms with Crippen LogP contribution in [0.1, 0.15) is 20.7 Å². The molecule has 0 saturated carbocycles. The molecular weight excluding hydrogens is 339 g/mol. The average molecular weight is 350 g/mol. The van der Waals surface area contributed by atoms with E-state index in [0.29, 0.717) is 0 Å². The molecule has 0 nitrogen and oxygen atoms in total. The van der Waals surface area contributed by atoms with Crippen molar-refractivity contribution >= 4 is 50.5 Å². The molecule has 4 heteroatoms. The van der Waals surface area contributed by atoms with Gasteiger partial charge >= 0.3 is 0 Å². The second-order valence-electron chi connectivity index (χ2n) is 3.85. The third kappa shape index (κ3) is 3.47. The number of halogens is 3. The van der Waals surface area contributed by atoms with Crippen molar-refractivity contribution in [2.75, 3.05) is 0 Å². The van der Waals surface area contributed by atoms with E-state index in [1.54, 1.807) is 11.3 Å². The lowest BCUT2D eigenvalue weighted by atomic mass is 10.1. The first-order chi connectivity index (χ1) is 8.06. The van der Waals surface area contributed by atoms with Gasteiger partial charge in [-0.25, -0.2) is 0 Å². The SMILES string of the molecule is Cc1sc(C(Cl)Cc2ccc(Cl)cc2)cc1Br. The molecule has 0 saturated heterocycles. The first-order valence-electron chi connectivity index (χ1n) is 5.20. The average Bonchev–Trinajstić information content (AvgIpc) is 2.63. The summed E-state index contributed by atoms with van der Waals surface area (Å²) in [5.74, 6) is 0. The normalized spacial score (nSPS) is 12.7. The standard InChI is InChI=1S/C13H11BrCl2S/c1-8-11(14)7-13(17-8)12(16)6-9-2-4-10(15)5-3-9/h2-5,7,12H,6H2,1H3. The minimum atomic E-state index is 0.0196. The maximum Gasteiger partial charge on any atom is 0.0719 e. The summed E-state index contributed by atoms with van der Waals surface area (Å²) in [7, 11) is 0. The Kier molecular flexibility index (Phi) is 4.53. The molecule has 2 aromatic rings. The predicted octanol–water partition coefficient (Wildman–Crippen LogP) is 6.00. The second kappa shape index (κ2) is 5.75. The molecule has 0 bridgehead atoms. The Morgan fingerprint density at radius 3 is 2.47 bits per heavy atom. The van der Waals surface area contributed by atoms with Crippen LogP contribution in [-0.4, -0.2) is 0 Å². The summed E-state index contributed by atoms with van der Waals surface area (Å²) in [4.78, 5) is 2.47. The topological polar surface area (TPSA) is 0 Å². The van der Waals surface area contributed by atoms with Crippen molar-refractivity contribution in [3.8, 4) is 0 Å². The zero-order valence-corrected chi connectivity index (χ0v) is 13.1. The lowest BCUT2D eigenvalue weighted by Gasteiger charge is -2.07. The number of benzene rings is 1. The van der Waals surface area contributed by atoms with Gasteiger partial charge in [0.2, 0.25) is 0 Å². The number of rotatable bonds is 3. The molecule has 0 fully saturated rings. The van der Waals surface area contributed by atoms with Crippen molar-refractivity contribution in [1.82, 2.24) is 0 Å². The number of hydrogen-bond donors (Lipinski definition) is 0. The summed E-state index contributed by atoms with van der Waals surface area (Å²) in [5.41, 5.74) is 1.21. The summed E-state index contributed by atoms with van der Waals surface area (Å²) in [5, 5.41) is 0.778. The van der Waals surface area contributed by atoms with Gasteiger partial charge in [-0.2, -0.15) is 0 Å². The largest absolute Gasteiger partial charge is 0.143 e. The molecule has 90 valence electrons. The van der Waals surface area contributed by atoms with Crippen LogP contribution < -0.4 is 0 Å². The third-order valence-corrected chi connectivity index (χ3v) is 5.53. The Hall–Kier alpha value is -0.0200. The number of aryl methyl sites for hydroxylation is 1. The summed E-state index contributed by atoms with van der Waals surface area (Å²) in [6.07, 6.45) is 0.825. The maximum atomic E-state index is 6.42. The zero-order chi connectivity index (χ0) is 12.4. The quantitative estimate of drug-likeness (QED) is 0.596. The summed E-state index contributed by atoms with van der Waals surface area (Å²) in [6, 6.07) is 9.94. The van der Waals surface area contributed by atoms with Crippen molar-refractivity contribution in [3.63, 3.8) is 0 Å². The van der Waals surface area contributed by atoms with Crippen molar-refractivity contribution in [1.29, 1.82) is 0 Å². The Bertz CT molecular complexity index is 485.